The molecule has 0 unspecified atom stereocenters. The summed E-state index contributed by atoms with van der Waals surface area (Å²) in [6.07, 6.45) is 2.32. The smallest absolute Gasteiger partial charge is 0.311 e. The number of benzene rings is 1. The van der Waals surface area contributed by atoms with E-state index in [0.717, 1.165) is 12.1 Å². The Morgan fingerprint density at radius 1 is 1.16 bits per heavy atom. The van der Waals surface area contributed by atoms with E-state index in [1.807, 2.05) is 25.8 Å². The Morgan fingerprint density at radius 3 is 2.05 bits per heavy atom. The van der Waals surface area contributed by atoms with Crippen LogP contribution in [0.2, 0.25) is 0 Å². The van der Waals surface area contributed by atoms with Crippen molar-refractivity contribution in [2.75, 3.05) is 18.5 Å². The minimum absolute atomic E-state index is 0.542. The lowest BCUT2D eigenvalue weighted by atomic mass is 9.82. The predicted molar refractivity (Wildman–Crippen MR) is 79.7 cm³/mol. The Bertz CT molecular complexity index is 407. The van der Waals surface area contributed by atoms with Crippen molar-refractivity contribution in [2.24, 2.45) is 5.41 Å². The van der Waals surface area contributed by atoms with Gasteiger partial charge in [0, 0.05) is 19.3 Å². The normalized spacial score (nSPS) is 11.4. The Kier molecular flexibility index (Phi) is 5.40. The molecule has 0 aromatic heterocycles. The topological polar surface area (TPSA) is 40.5 Å². The second kappa shape index (κ2) is 6.60. The van der Waals surface area contributed by atoms with E-state index >= 15 is 0 Å². The van der Waals surface area contributed by atoms with Crippen molar-refractivity contribution in [2.45, 2.75) is 40.0 Å². The molecule has 0 amide bonds. The number of aryl methyl sites for hydroxylation is 1. The van der Waals surface area contributed by atoms with Gasteiger partial charge in [0.2, 0.25) is 0 Å². The monoisotopic (exact) mass is 263 g/mol. The fourth-order valence-electron chi connectivity index (χ4n) is 2.38. The zero-order valence-electron chi connectivity index (χ0n) is 12.4. The fourth-order valence-corrected chi connectivity index (χ4v) is 2.38. The average molecular weight is 263 g/mol. The summed E-state index contributed by atoms with van der Waals surface area (Å²) in [7, 11) is 1.96. The van der Waals surface area contributed by atoms with Crippen LogP contribution in [-0.2, 0) is 11.2 Å². The Labute approximate surface area is 116 Å². The maximum atomic E-state index is 11.5. The molecule has 1 rings (SSSR count). The van der Waals surface area contributed by atoms with E-state index in [0.29, 0.717) is 19.4 Å². The highest BCUT2D eigenvalue weighted by Crippen LogP contribution is 2.29. The first kappa shape index (κ1) is 15.5. The number of anilines is 1. The van der Waals surface area contributed by atoms with Crippen molar-refractivity contribution in [3.8, 4) is 0 Å². The molecule has 19 heavy (non-hydrogen) atoms. The second-order valence-corrected chi connectivity index (χ2v) is 5.17. The van der Waals surface area contributed by atoms with Crippen LogP contribution in [0.1, 0.15) is 39.2 Å². The quantitative estimate of drug-likeness (QED) is 0.817. The Morgan fingerprint density at radius 2 is 1.68 bits per heavy atom. The van der Waals surface area contributed by atoms with E-state index in [9.17, 15) is 9.90 Å². The van der Waals surface area contributed by atoms with E-state index in [1.54, 1.807) is 0 Å². The summed E-state index contributed by atoms with van der Waals surface area (Å²) in [5.41, 5.74) is 1.72. The van der Waals surface area contributed by atoms with Gasteiger partial charge in [-0.1, -0.05) is 32.9 Å². The largest absolute Gasteiger partial charge is 0.481 e. The Hall–Kier alpha value is -1.51. The highest BCUT2D eigenvalue weighted by molar-refractivity contribution is 5.75. The van der Waals surface area contributed by atoms with Gasteiger partial charge in [-0.05, 0) is 37.0 Å². The van der Waals surface area contributed by atoms with Crippen LogP contribution in [0, 0.1) is 5.41 Å². The van der Waals surface area contributed by atoms with Crippen LogP contribution in [-0.4, -0.2) is 24.7 Å². The fraction of sp³-hybridized carbons (Fsp3) is 0.562. The van der Waals surface area contributed by atoms with Crippen LogP contribution in [0.4, 0.5) is 5.69 Å². The van der Waals surface area contributed by atoms with E-state index < -0.39 is 11.4 Å². The van der Waals surface area contributed by atoms with Crippen LogP contribution in [0.3, 0.4) is 0 Å². The first-order chi connectivity index (χ1) is 8.99. The lowest BCUT2D eigenvalue weighted by Gasteiger charge is -2.33. The van der Waals surface area contributed by atoms with Gasteiger partial charge in [-0.2, -0.15) is 0 Å². The van der Waals surface area contributed by atoms with Gasteiger partial charge in [-0.25, -0.2) is 0 Å². The summed E-state index contributed by atoms with van der Waals surface area (Å²) in [5.74, 6) is -0.700. The molecule has 0 radical (unpaired) electrons. The molecule has 1 aromatic rings. The molecule has 0 saturated carbocycles. The van der Waals surface area contributed by atoms with Gasteiger partial charge in [0.1, 0.15) is 0 Å². The van der Waals surface area contributed by atoms with Crippen molar-refractivity contribution in [3.63, 3.8) is 0 Å². The van der Waals surface area contributed by atoms with Crippen molar-refractivity contribution in [1.29, 1.82) is 0 Å². The first-order valence-corrected chi connectivity index (χ1v) is 7.02. The van der Waals surface area contributed by atoms with E-state index in [2.05, 4.69) is 31.2 Å². The third kappa shape index (κ3) is 3.49. The standard InChI is InChI=1S/C16H25NO2/c1-5-13-8-10-14(11-9-13)17(4)12-16(6-2,7-3)15(18)19/h8-11H,5-7,12H2,1-4H3,(H,18,19). The van der Waals surface area contributed by atoms with Crippen molar-refractivity contribution >= 4 is 11.7 Å². The summed E-state index contributed by atoms with van der Waals surface area (Å²) >= 11 is 0. The minimum Gasteiger partial charge on any atom is -0.481 e. The van der Waals surface area contributed by atoms with Crippen LogP contribution < -0.4 is 4.90 Å². The van der Waals surface area contributed by atoms with Crippen LogP contribution in [0.15, 0.2) is 24.3 Å². The number of nitrogens with zero attached hydrogens (tertiary/aromatic N) is 1. The Balaban J connectivity index is 2.87. The van der Waals surface area contributed by atoms with Gasteiger partial charge in [0.25, 0.3) is 0 Å². The molecule has 0 heterocycles. The van der Waals surface area contributed by atoms with Gasteiger partial charge < -0.3 is 10.0 Å². The van der Waals surface area contributed by atoms with Crippen LogP contribution >= 0.6 is 0 Å². The minimum atomic E-state index is -0.700. The molecule has 3 nitrogen and oxygen atoms in total. The number of carbonyl (C=O) groups is 1. The highest BCUT2D eigenvalue weighted by atomic mass is 16.4. The highest BCUT2D eigenvalue weighted by Gasteiger charge is 2.36. The zero-order valence-corrected chi connectivity index (χ0v) is 12.4. The van der Waals surface area contributed by atoms with Crippen LogP contribution in [0.25, 0.3) is 0 Å². The molecule has 0 saturated heterocycles. The predicted octanol–water partition coefficient (Wildman–Crippen LogP) is 3.58. The number of hydrogen-bond acceptors (Lipinski definition) is 2. The molecule has 0 bridgehead atoms. The van der Waals surface area contributed by atoms with Gasteiger partial charge in [-0.3, -0.25) is 4.79 Å². The second-order valence-electron chi connectivity index (χ2n) is 5.17. The molecule has 1 N–H and O–H groups in total. The maximum Gasteiger partial charge on any atom is 0.311 e. The summed E-state index contributed by atoms with van der Waals surface area (Å²) in [6.45, 7) is 6.57. The third-order valence-electron chi connectivity index (χ3n) is 4.13. The summed E-state index contributed by atoms with van der Waals surface area (Å²) in [4.78, 5) is 13.6. The molecule has 0 fully saturated rings. The average Bonchev–Trinajstić information content (AvgIpc) is 2.44. The van der Waals surface area contributed by atoms with E-state index in [4.69, 9.17) is 0 Å². The van der Waals surface area contributed by atoms with Gasteiger partial charge in [0.05, 0.1) is 5.41 Å². The summed E-state index contributed by atoms with van der Waals surface area (Å²) in [6, 6.07) is 8.34. The SMILES string of the molecule is CCc1ccc(N(C)CC(CC)(CC)C(=O)O)cc1. The molecule has 0 atom stereocenters. The van der Waals surface area contributed by atoms with Gasteiger partial charge in [-0.15, -0.1) is 0 Å². The molecule has 0 aliphatic carbocycles. The number of carboxylic acid groups (broad SMARTS) is 1. The van der Waals surface area contributed by atoms with Crippen molar-refractivity contribution < 1.29 is 9.90 Å². The molecular weight excluding hydrogens is 238 g/mol. The lowest BCUT2D eigenvalue weighted by Crippen LogP contribution is -2.41. The molecule has 0 aliphatic rings. The number of hydrogen-bond donors (Lipinski definition) is 1. The van der Waals surface area contributed by atoms with Gasteiger partial charge in [0.15, 0.2) is 0 Å². The van der Waals surface area contributed by atoms with Crippen molar-refractivity contribution in [3.05, 3.63) is 29.8 Å². The number of aliphatic carboxylic acids is 1. The summed E-state index contributed by atoms with van der Waals surface area (Å²) in [5, 5.41) is 9.48. The van der Waals surface area contributed by atoms with Gasteiger partial charge >= 0.3 is 5.97 Å². The summed E-state index contributed by atoms with van der Waals surface area (Å²) < 4.78 is 0. The lowest BCUT2D eigenvalue weighted by molar-refractivity contribution is -0.148. The molecular formula is C16H25NO2. The molecule has 106 valence electrons. The molecule has 0 aliphatic heterocycles. The molecule has 1 aromatic carbocycles. The van der Waals surface area contributed by atoms with Crippen LogP contribution in [0.5, 0.6) is 0 Å². The maximum absolute atomic E-state index is 11.5. The molecule has 0 spiro atoms. The van der Waals surface area contributed by atoms with Crippen molar-refractivity contribution in [1.82, 2.24) is 0 Å². The number of rotatable bonds is 7. The first-order valence-electron chi connectivity index (χ1n) is 7.02. The number of carboxylic acids is 1. The zero-order chi connectivity index (χ0) is 14.5. The van der Waals surface area contributed by atoms with E-state index in [1.165, 1.54) is 5.56 Å². The van der Waals surface area contributed by atoms with E-state index in [-0.39, 0.29) is 0 Å². The third-order valence-corrected chi connectivity index (χ3v) is 4.13. The molecule has 3 heteroatoms.